The minimum atomic E-state index is -1.31. The lowest BCUT2D eigenvalue weighted by molar-refractivity contribution is 0.0267. The fraction of sp³-hybridized carbons (Fsp3) is 0.833. The summed E-state index contributed by atoms with van der Waals surface area (Å²) in [5.41, 5.74) is -0.0903. The zero-order valence-electron chi connectivity index (χ0n) is 6.82. The SMILES string of the molecule is CC([Si]C(O)O)N1CCNC1=O. The molecule has 1 rings (SSSR count). The zero-order chi connectivity index (χ0) is 9.14. The Morgan fingerprint density at radius 1 is 1.67 bits per heavy atom. The van der Waals surface area contributed by atoms with Gasteiger partial charge in [-0.05, 0) is 6.92 Å². The third kappa shape index (κ3) is 2.19. The fourth-order valence-electron chi connectivity index (χ4n) is 1.16. The van der Waals surface area contributed by atoms with Crippen molar-refractivity contribution in [2.75, 3.05) is 13.1 Å². The summed E-state index contributed by atoms with van der Waals surface area (Å²) in [6, 6.07) is -0.115. The standard InChI is InChI=1S/C6H12N2O3Si/c1-4(12-6(10)11)8-3-2-7-5(8)9/h4,6,10-11H,2-3H2,1H3,(H,7,9). The number of hydrogen-bond donors (Lipinski definition) is 3. The van der Waals surface area contributed by atoms with Crippen molar-refractivity contribution in [1.29, 1.82) is 0 Å². The molecule has 1 fully saturated rings. The molecule has 6 heteroatoms. The summed E-state index contributed by atoms with van der Waals surface area (Å²) in [6.07, 6.45) is 0. The maximum absolute atomic E-state index is 11.1. The van der Waals surface area contributed by atoms with Crippen LogP contribution in [0.3, 0.4) is 0 Å². The predicted octanol–water partition coefficient (Wildman–Crippen LogP) is -1.67. The van der Waals surface area contributed by atoms with Gasteiger partial charge in [-0.1, -0.05) is 0 Å². The van der Waals surface area contributed by atoms with Crippen LogP contribution in [0.2, 0.25) is 0 Å². The summed E-state index contributed by atoms with van der Waals surface area (Å²) in [5, 5.41) is 20.0. The van der Waals surface area contributed by atoms with Gasteiger partial charge in [0, 0.05) is 18.8 Å². The summed E-state index contributed by atoms with van der Waals surface area (Å²) in [4.78, 5) is 12.7. The van der Waals surface area contributed by atoms with Crippen LogP contribution in [0.4, 0.5) is 4.79 Å². The highest BCUT2D eigenvalue weighted by Gasteiger charge is 2.26. The third-order valence-corrected chi connectivity index (χ3v) is 2.84. The van der Waals surface area contributed by atoms with Gasteiger partial charge in [0.05, 0.1) is 0 Å². The first kappa shape index (κ1) is 9.49. The summed E-state index contributed by atoms with van der Waals surface area (Å²) in [5.74, 6) is -1.31. The van der Waals surface area contributed by atoms with Gasteiger partial charge in [0.2, 0.25) is 0 Å². The molecule has 1 atom stereocenters. The van der Waals surface area contributed by atoms with Crippen molar-refractivity contribution in [2.24, 2.45) is 0 Å². The molecule has 0 aliphatic carbocycles. The molecular formula is C6H12N2O3Si. The van der Waals surface area contributed by atoms with E-state index in [2.05, 4.69) is 5.32 Å². The molecule has 1 aliphatic rings. The second-order valence-electron chi connectivity index (χ2n) is 2.64. The second kappa shape index (κ2) is 3.88. The van der Waals surface area contributed by atoms with Gasteiger partial charge < -0.3 is 20.4 Å². The van der Waals surface area contributed by atoms with Gasteiger partial charge in [-0.2, -0.15) is 0 Å². The Morgan fingerprint density at radius 3 is 2.75 bits per heavy atom. The van der Waals surface area contributed by atoms with E-state index in [4.69, 9.17) is 10.2 Å². The number of amides is 2. The number of aliphatic hydroxyl groups excluding tert-OH is 1. The van der Waals surface area contributed by atoms with Gasteiger partial charge in [0.1, 0.15) is 15.4 Å². The first-order valence-electron chi connectivity index (χ1n) is 3.78. The minimum Gasteiger partial charge on any atom is -0.372 e. The molecular weight excluding hydrogens is 176 g/mol. The molecule has 12 heavy (non-hydrogen) atoms. The number of aliphatic hydroxyl groups is 2. The molecule has 0 saturated carbocycles. The Morgan fingerprint density at radius 2 is 2.33 bits per heavy atom. The van der Waals surface area contributed by atoms with Gasteiger partial charge in [0.15, 0.2) is 0 Å². The van der Waals surface area contributed by atoms with E-state index in [1.54, 1.807) is 4.90 Å². The molecule has 1 aliphatic heterocycles. The first-order chi connectivity index (χ1) is 5.61. The Kier molecular flexibility index (Phi) is 3.07. The summed E-state index contributed by atoms with van der Waals surface area (Å²) >= 11 is 0. The maximum Gasteiger partial charge on any atom is 0.317 e. The third-order valence-electron chi connectivity index (χ3n) is 1.75. The number of nitrogens with one attached hydrogen (secondary N) is 1. The smallest absolute Gasteiger partial charge is 0.317 e. The molecule has 5 nitrogen and oxygen atoms in total. The molecule has 0 aromatic carbocycles. The molecule has 68 valence electrons. The van der Waals surface area contributed by atoms with Crippen LogP contribution >= 0.6 is 0 Å². The van der Waals surface area contributed by atoms with Crippen LogP contribution in [-0.4, -0.2) is 55.3 Å². The van der Waals surface area contributed by atoms with E-state index in [-0.39, 0.29) is 21.2 Å². The van der Waals surface area contributed by atoms with E-state index in [0.717, 1.165) is 0 Å². The van der Waals surface area contributed by atoms with Gasteiger partial charge >= 0.3 is 6.03 Å². The molecule has 2 amide bonds. The highest BCUT2D eigenvalue weighted by atomic mass is 28.2. The molecule has 3 N–H and O–H groups in total. The average Bonchev–Trinajstić information content (AvgIpc) is 2.33. The van der Waals surface area contributed by atoms with Crippen molar-refractivity contribution < 1.29 is 15.0 Å². The number of rotatable bonds is 3. The van der Waals surface area contributed by atoms with Crippen molar-refractivity contribution in [3.8, 4) is 0 Å². The van der Waals surface area contributed by atoms with E-state index in [1.165, 1.54) is 0 Å². The number of hydrogen-bond acceptors (Lipinski definition) is 3. The average molecular weight is 188 g/mol. The van der Waals surface area contributed by atoms with Crippen LogP contribution in [0.25, 0.3) is 0 Å². The number of urea groups is 1. The second-order valence-corrected chi connectivity index (χ2v) is 4.33. The Balaban J connectivity index is 2.40. The van der Waals surface area contributed by atoms with E-state index in [0.29, 0.717) is 13.1 Å². The molecule has 1 unspecified atom stereocenters. The lowest BCUT2D eigenvalue weighted by atomic mass is 10.6. The van der Waals surface area contributed by atoms with Crippen molar-refractivity contribution in [1.82, 2.24) is 10.2 Å². The van der Waals surface area contributed by atoms with Crippen LogP contribution in [0, 0.1) is 0 Å². The monoisotopic (exact) mass is 188 g/mol. The maximum atomic E-state index is 11.1. The largest absolute Gasteiger partial charge is 0.372 e. The van der Waals surface area contributed by atoms with Crippen LogP contribution in [0.5, 0.6) is 0 Å². The minimum absolute atomic E-state index is 0.0415. The summed E-state index contributed by atoms with van der Waals surface area (Å²) in [6.45, 7) is 3.11. The molecule has 1 heterocycles. The predicted molar refractivity (Wildman–Crippen MR) is 43.5 cm³/mol. The molecule has 0 bridgehead atoms. The lowest BCUT2D eigenvalue weighted by Crippen LogP contribution is -2.43. The Labute approximate surface area is 73.2 Å². The van der Waals surface area contributed by atoms with E-state index in [9.17, 15) is 4.79 Å². The normalized spacial score (nSPS) is 20.0. The molecule has 2 radical (unpaired) electrons. The van der Waals surface area contributed by atoms with Gasteiger partial charge in [-0.25, -0.2) is 4.79 Å². The van der Waals surface area contributed by atoms with E-state index < -0.39 is 5.91 Å². The number of nitrogens with zero attached hydrogens (tertiary/aromatic N) is 1. The quantitative estimate of drug-likeness (QED) is 0.366. The summed E-state index contributed by atoms with van der Waals surface area (Å²) in [7, 11) is -0.0415. The molecule has 0 spiro atoms. The van der Waals surface area contributed by atoms with Gasteiger partial charge in [-0.15, -0.1) is 0 Å². The number of carbonyl (C=O) groups excluding carboxylic acids is 1. The van der Waals surface area contributed by atoms with Gasteiger partial charge in [-0.3, -0.25) is 0 Å². The van der Waals surface area contributed by atoms with Crippen LogP contribution in [-0.2, 0) is 0 Å². The Hall–Kier alpha value is -0.593. The van der Waals surface area contributed by atoms with Crippen molar-refractivity contribution in [3.63, 3.8) is 0 Å². The Bertz CT molecular complexity index is 176. The highest BCUT2D eigenvalue weighted by Crippen LogP contribution is 2.03. The molecule has 0 aromatic heterocycles. The highest BCUT2D eigenvalue weighted by molar-refractivity contribution is 6.38. The number of carbonyl (C=O) groups is 1. The lowest BCUT2D eigenvalue weighted by Gasteiger charge is -2.22. The molecule has 0 aromatic rings. The summed E-state index contributed by atoms with van der Waals surface area (Å²) < 4.78 is 0. The van der Waals surface area contributed by atoms with E-state index in [1.807, 2.05) is 6.92 Å². The van der Waals surface area contributed by atoms with Crippen molar-refractivity contribution >= 4 is 15.6 Å². The van der Waals surface area contributed by atoms with E-state index >= 15 is 0 Å². The van der Waals surface area contributed by atoms with Crippen molar-refractivity contribution in [2.45, 2.75) is 18.5 Å². The molecule has 1 saturated heterocycles. The zero-order valence-corrected chi connectivity index (χ0v) is 7.82. The fourth-order valence-corrected chi connectivity index (χ4v) is 2.02. The van der Waals surface area contributed by atoms with Crippen LogP contribution in [0.1, 0.15) is 6.92 Å². The topological polar surface area (TPSA) is 72.8 Å². The van der Waals surface area contributed by atoms with Crippen LogP contribution in [0.15, 0.2) is 0 Å². The first-order valence-corrected chi connectivity index (χ1v) is 4.93. The van der Waals surface area contributed by atoms with Gasteiger partial charge in [0.25, 0.3) is 0 Å². The van der Waals surface area contributed by atoms with Crippen LogP contribution < -0.4 is 5.32 Å². The van der Waals surface area contributed by atoms with Crippen molar-refractivity contribution in [3.05, 3.63) is 0 Å².